The van der Waals surface area contributed by atoms with Crippen LogP contribution in [0.5, 0.6) is 5.75 Å². The number of sulfonamides is 1. The predicted molar refractivity (Wildman–Crippen MR) is 146 cm³/mol. The first-order chi connectivity index (χ1) is 17.7. The Balaban J connectivity index is 1.70. The molecule has 198 valence electrons. The van der Waals surface area contributed by atoms with Gasteiger partial charge in [0.25, 0.3) is 15.9 Å². The van der Waals surface area contributed by atoms with E-state index in [1.165, 1.54) is 11.6 Å². The number of ether oxygens (including phenoxy) is 1. The van der Waals surface area contributed by atoms with Gasteiger partial charge in [0.2, 0.25) is 0 Å². The zero-order chi connectivity index (χ0) is 26.6. The summed E-state index contributed by atoms with van der Waals surface area (Å²) in [5, 5.41) is 11.6. The van der Waals surface area contributed by atoms with Crippen LogP contribution in [0.4, 0.5) is 5.69 Å². The molecule has 1 aromatic heterocycles. The van der Waals surface area contributed by atoms with Gasteiger partial charge in [-0.1, -0.05) is 49.4 Å². The van der Waals surface area contributed by atoms with Gasteiger partial charge in [0.1, 0.15) is 10.3 Å². The van der Waals surface area contributed by atoms with Crippen molar-refractivity contribution < 1.29 is 23.1 Å². The number of aliphatic hydroxyl groups excluding tert-OH is 1. The number of benzene rings is 2. The lowest BCUT2D eigenvalue weighted by Crippen LogP contribution is -2.49. The SMILES string of the molecule is C[C@H]1CN([C@@H](C)CO)C(=O)c2cccc(NS(=O)(=O)c3cccs3)c2O[C@@H]1CN(C)Cc1ccccc1. The molecule has 3 atom stereocenters. The standard InChI is InChI=1S/C27H33N3O5S2/c1-19-15-30(20(2)18-31)27(32)22-11-7-12-23(28-37(33,34)25-13-8-14-36-25)26(22)35-24(19)17-29(3)16-21-9-5-4-6-10-21/h4-14,19-20,24,28,31H,15-18H2,1-3H3/t19-,20-,24+/m0/s1. The number of carbonyl (C=O) groups is 1. The van der Waals surface area contributed by atoms with Crippen LogP contribution in [-0.2, 0) is 16.6 Å². The van der Waals surface area contributed by atoms with Gasteiger partial charge in [-0.25, -0.2) is 8.42 Å². The van der Waals surface area contributed by atoms with Gasteiger partial charge in [0, 0.05) is 25.6 Å². The molecule has 0 bridgehead atoms. The van der Waals surface area contributed by atoms with Crippen LogP contribution in [0.3, 0.4) is 0 Å². The highest BCUT2D eigenvalue weighted by atomic mass is 32.2. The number of likely N-dealkylation sites (N-methyl/N-ethyl adjacent to an activating group) is 1. The summed E-state index contributed by atoms with van der Waals surface area (Å²) in [6, 6.07) is 17.8. The van der Waals surface area contributed by atoms with Crippen molar-refractivity contribution in [1.82, 2.24) is 9.80 Å². The molecule has 0 saturated heterocycles. The third kappa shape index (κ3) is 6.32. The maximum Gasteiger partial charge on any atom is 0.271 e. The summed E-state index contributed by atoms with van der Waals surface area (Å²) in [7, 11) is -1.85. The van der Waals surface area contributed by atoms with Gasteiger partial charge < -0.3 is 14.7 Å². The molecular weight excluding hydrogens is 510 g/mol. The summed E-state index contributed by atoms with van der Waals surface area (Å²) in [4.78, 5) is 17.4. The third-order valence-corrected chi connectivity index (χ3v) is 9.25. The van der Waals surface area contributed by atoms with E-state index in [-0.39, 0.29) is 45.7 Å². The lowest BCUT2D eigenvalue weighted by Gasteiger charge is -2.38. The summed E-state index contributed by atoms with van der Waals surface area (Å²) in [6.07, 6.45) is -0.346. The molecule has 1 aliphatic rings. The topological polar surface area (TPSA) is 99.2 Å². The van der Waals surface area contributed by atoms with Gasteiger partial charge >= 0.3 is 0 Å². The number of anilines is 1. The molecule has 1 aliphatic heterocycles. The fourth-order valence-electron chi connectivity index (χ4n) is 4.42. The number of hydrogen-bond acceptors (Lipinski definition) is 7. The van der Waals surface area contributed by atoms with Crippen LogP contribution in [-0.4, -0.2) is 68.1 Å². The Bertz CT molecular complexity index is 1300. The summed E-state index contributed by atoms with van der Waals surface area (Å²) >= 11 is 1.11. The summed E-state index contributed by atoms with van der Waals surface area (Å²) < 4.78 is 35.4. The zero-order valence-corrected chi connectivity index (χ0v) is 22.8. The number of carbonyl (C=O) groups excluding carboxylic acids is 1. The van der Waals surface area contributed by atoms with Crippen LogP contribution < -0.4 is 9.46 Å². The van der Waals surface area contributed by atoms with Gasteiger partial charge in [-0.05, 0) is 43.1 Å². The lowest BCUT2D eigenvalue weighted by molar-refractivity contribution is 0.0344. The summed E-state index contributed by atoms with van der Waals surface area (Å²) in [6.45, 7) is 5.29. The first-order valence-corrected chi connectivity index (χ1v) is 14.6. The molecule has 1 amide bonds. The van der Waals surface area contributed by atoms with Crippen LogP contribution in [0.25, 0.3) is 0 Å². The highest BCUT2D eigenvalue weighted by Crippen LogP contribution is 2.36. The van der Waals surface area contributed by atoms with Crippen LogP contribution in [0.1, 0.15) is 29.8 Å². The van der Waals surface area contributed by atoms with Crippen molar-refractivity contribution in [3.8, 4) is 5.75 Å². The van der Waals surface area contributed by atoms with E-state index in [0.29, 0.717) is 19.6 Å². The molecule has 0 aliphatic carbocycles. The number of amides is 1. The number of fused-ring (bicyclic) bond motifs is 1. The van der Waals surface area contributed by atoms with Crippen LogP contribution >= 0.6 is 11.3 Å². The largest absolute Gasteiger partial charge is 0.486 e. The van der Waals surface area contributed by atoms with E-state index in [2.05, 4.69) is 21.8 Å². The normalized spacial score (nSPS) is 19.1. The second kappa shape index (κ2) is 11.6. The Morgan fingerprint density at radius 3 is 2.59 bits per heavy atom. The Hall–Kier alpha value is -2.92. The van der Waals surface area contributed by atoms with Crippen molar-refractivity contribution in [2.45, 2.75) is 36.7 Å². The van der Waals surface area contributed by atoms with E-state index in [1.807, 2.05) is 32.2 Å². The van der Waals surface area contributed by atoms with Crippen LogP contribution in [0, 0.1) is 5.92 Å². The molecule has 10 heteroatoms. The predicted octanol–water partition coefficient (Wildman–Crippen LogP) is 3.90. The van der Waals surface area contributed by atoms with Crippen molar-refractivity contribution in [1.29, 1.82) is 0 Å². The summed E-state index contributed by atoms with van der Waals surface area (Å²) in [5.41, 5.74) is 1.63. The van der Waals surface area contributed by atoms with Crippen molar-refractivity contribution >= 4 is 33.0 Å². The molecule has 2 aromatic carbocycles. The number of para-hydroxylation sites is 1. The number of nitrogens with zero attached hydrogens (tertiary/aromatic N) is 2. The molecule has 0 unspecified atom stereocenters. The second-order valence-electron chi connectivity index (χ2n) is 9.52. The minimum atomic E-state index is -3.86. The molecule has 37 heavy (non-hydrogen) atoms. The molecule has 2 N–H and O–H groups in total. The van der Waals surface area contributed by atoms with Crippen molar-refractivity contribution in [3.05, 3.63) is 77.2 Å². The van der Waals surface area contributed by atoms with E-state index in [9.17, 15) is 18.3 Å². The van der Waals surface area contributed by atoms with Gasteiger partial charge in [0.15, 0.2) is 5.75 Å². The first kappa shape index (κ1) is 27.1. The van der Waals surface area contributed by atoms with Gasteiger partial charge in [-0.2, -0.15) is 0 Å². The van der Waals surface area contributed by atoms with E-state index in [0.717, 1.165) is 11.3 Å². The van der Waals surface area contributed by atoms with Crippen LogP contribution in [0.2, 0.25) is 0 Å². The summed E-state index contributed by atoms with van der Waals surface area (Å²) in [5.74, 6) is -0.199. The molecule has 3 aromatic rings. The Morgan fingerprint density at radius 1 is 1.16 bits per heavy atom. The number of thiophene rings is 1. The smallest absolute Gasteiger partial charge is 0.271 e. The number of rotatable bonds is 9. The average Bonchev–Trinajstić information content (AvgIpc) is 3.43. The minimum Gasteiger partial charge on any atom is -0.486 e. The van der Waals surface area contributed by atoms with E-state index < -0.39 is 16.1 Å². The molecule has 0 spiro atoms. The monoisotopic (exact) mass is 543 g/mol. The Labute approximate surface area is 222 Å². The molecule has 0 radical (unpaired) electrons. The van der Waals surface area contributed by atoms with Crippen molar-refractivity contribution in [3.63, 3.8) is 0 Å². The fourth-order valence-corrected chi connectivity index (χ4v) is 6.48. The zero-order valence-electron chi connectivity index (χ0n) is 21.2. The number of aliphatic hydroxyl groups is 1. The van der Waals surface area contributed by atoms with E-state index >= 15 is 0 Å². The second-order valence-corrected chi connectivity index (χ2v) is 12.4. The minimum absolute atomic E-state index is 0.0914. The molecular formula is C27H33N3O5S2. The maximum absolute atomic E-state index is 13.6. The fraction of sp³-hybridized carbons (Fsp3) is 0.370. The third-order valence-electron chi connectivity index (χ3n) is 6.48. The molecule has 0 saturated carbocycles. The highest BCUT2D eigenvalue weighted by Gasteiger charge is 2.35. The highest BCUT2D eigenvalue weighted by molar-refractivity contribution is 7.94. The van der Waals surface area contributed by atoms with Crippen LogP contribution in [0.15, 0.2) is 70.3 Å². The maximum atomic E-state index is 13.6. The number of hydrogen-bond donors (Lipinski definition) is 2. The molecule has 0 fully saturated rings. The average molecular weight is 544 g/mol. The van der Waals surface area contributed by atoms with E-state index in [1.54, 1.807) is 41.5 Å². The Morgan fingerprint density at radius 2 is 1.92 bits per heavy atom. The van der Waals surface area contributed by atoms with E-state index in [4.69, 9.17) is 4.74 Å². The van der Waals surface area contributed by atoms with Crippen molar-refractivity contribution in [2.24, 2.45) is 5.92 Å². The first-order valence-electron chi connectivity index (χ1n) is 12.2. The molecule has 4 rings (SSSR count). The van der Waals surface area contributed by atoms with Gasteiger partial charge in [0.05, 0.1) is 23.9 Å². The molecule has 2 heterocycles. The Kier molecular flexibility index (Phi) is 8.53. The van der Waals surface area contributed by atoms with Crippen molar-refractivity contribution in [2.75, 3.05) is 31.5 Å². The van der Waals surface area contributed by atoms with Gasteiger partial charge in [-0.3, -0.25) is 14.4 Å². The quantitative estimate of drug-likeness (QED) is 0.425. The number of nitrogens with one attached hydrogen (secondary N) is 1. The van der Waals surface area contributed by atoms with Gasteiger partial charge in [-0.15, -0.1) is 11.3 Å². The molecule has 8 nitrogen and oxygen atoms in total. The lowest BCUT2D eigenvalue weighted by atomic mass is 9.99.